The lowest BCUT2D eigenvalue weighted by Gasteiger charge is -2.12. The molecule has 3 rings (SSSR count). The summed E-state index contributed by atoms with van der Waals surface area (Å²) in [6.45, 7) is 0. The van der Waals surface area contributed by atoms with E-state index in [0.717, 1.165) is 22.5 Å². The molecular formula is C16H15ClN2OS. The van der Waals surface area contributed by atoms with Crippen LogP contribution in [0.1, 0.15) is 11.8 Å². The first kappa shape index (κ1) is 14.5. The molecule has 0 aliphatic rings. The second-order valence-corrected chi connectivity index (χ2v) is 6.20. The highest BCUT2D eigenvalue weighted by Gasteiger charge is 2.15. The van der Waals surface area contributed by atoms with E-state index < -0.39 is 0 Å². The number of nitrogens with two attached hydrogens (primary N) is 1. The molecule has 0 amide bonds. The van der Waals surface area contributed by atoms with E-state index in [1.165, 1.54) is 4.90 Å². The van der Waals surface area contributed by atoms with Crippen LogP contribution < -0.4 is 11.3 Å². The number of rotatable bonds is 5. The summed E-state index contributed by atoms with van der Waals surface area (Å²) in [7, 11) is 0. The van der Waals surface area contributed by atoms with Gasteiger partial charge in [-0.05, 0) is 36.4 Å². The number of hydrazine groups is 1. The van der Waals surface area contributed by atoms with Crippen LogP contribution in [0.4, 0.5) is 0 Å². The first-order chi connectivity index (χ1) is 10.3. The van der Waals surface area contributed by atoms with Gasteiger partial charge < -0.3 is 4.42 Å². The first-order valence-corrected chi connectivity index (χ1v) is 7.95. The molecule has 1 aromatic heterocycles. The van der Waals surface area contributed by atoms with Crippen LogP contribution >= 0.6 is 23.4 Å². The van der Waals surface area contributed by atoms with Gasteiger partial charge in [0.15, 0.2) is 0 Å². The monoisotopic (exact) mass is 318 g/mol. The predicted molar refractivity (Wildman–Crippen MR) is 88.5 cm³/mol. The summed E-state index contributed by atoms with van der Waals surface area (Å²) in [5.41, 5.74) is 3.64. The first-order valence-electron chi connectivity index (χ1n) is 6.59. The van der Waals surface area contributed by atoms with Crippen LogP contribution in [-0.4, -0.2) is 5.75 Å². The molecule has 21 heavy (non-hydrogen) atoms. The summed E-state index contributed by atoms with van der Waals surface area (Å²) in [5.74, 6) is 7.27. The molecule has 0 spiro atoms. The van der Waals surface area contributed by atoms with E-state index in [9.17, 15) is 0 Å². The van der Waals surface area contributed by atoms with Crippen molar-refractivity contribution in [2.75, 3.05) is 5.75 Å². The molecule has 0 bridgehead atoms. The normalized spacial score (nSPS) is 12.7. The maximum absolute atomic E-state index is 6.00. The van der Waals surface area contributed by atoms with E-state index in [1.54, 1.807) is 11.8 Å². The van der Waals surface area contributed by atoms with Crippen LogP contribution in [0, 0.1) is 0 Å². The molecular weight excluding hydrogens is 304 g/mol. The van der Waals surface area contributed by atoms with E-state index in [-0.39, 0.29) is 6.04 Å². The van der Waals surface area contributed by atoms with Crippen LogP contribution in [0.2, 0.25) is 5.02 Å². The number of nitrogens with one attached hydrogen (secondary N) is 1. The zero-order valence-corrected chi connectivity index (χ0v) is 12.8. The van der Waals surface area contributed by atoms with Gasteiger partial charge in [0.05, 0.1) is 6.04 Å². The van der Waals surface area contributed by atoms with Crippen molar-refractivity contribution in [1.82, 2.24) is 5.43 Å². The highest BCUT2D eigenvalue weighted by molar-refractivity contribution is 7.99. The van der Waals surface area contributed by atoms with Gasteiger partial charge >= 0.3 is 0 Å². The number of hydrogen-bond donors (Lipinski definition) is 2. The highest BCUT2D eigenvalue weighted by atomic mass is 35.5. The number of halogens is 1. The van der Waals surface area contributed by atoms with Crippen LogP contribution in [0.15, 0.2) is 63.9 Å². The Morgan fingerprint density at radius 2 is 1.95 bits per heavy atom. The number of furan rings is 1. The molecule has 0 fully saturated rings. The largest absolute Gasteiger partial charge is 0.459 e. The fourth-order valence-corrected chi connectivity index (χ4v) is 3.26. The smallest absolute Gasteiger partial charge is 0.134 e. The standard InChI is InChI=1S/C16H15ClN2OS/c17-12-6-7-15-11(8-12)9-16(20-15)14(19-18)10-21-13-4-2-1-3-5-13/h1-9,14,19H,10,18H2. The minimum Gasteiger partial charge on any atom is -0.459 e. The maximum atomic E-state index is 6.00. The maximum Gasteiger partial charge on any atom is 0.134 e. The third kappa shape index (κ3) is 3.41. The quantitative estimate of drug-likeness (QED) is 0.416. The van der Waals surface area contributed by atoms with Crippen molar-refractivity contribution in [3.63, 3.8) is 0 Å². The van der Waals surface area contributed by atoms with Crippen molar-refractivity contribution in [3.05, 3.63) is 65.4 Å². The van der Waals surface area contributed by atoms with Gasteiger partial charge in [-0.1, -0.05) is 29.8 Å². The fraction of sp³-hybridized carbons (Fsp3) is 0.125. The lowest BCUT2D eigenvalue weighted by molar-refractivity contribution is 0.464. The second kappa shape index (κ2) is 6.54. The van der Waals surface area contributed by atoms with Crippen molar-refractivity contribution in [3.8, 4) is 0 Å². The highest BCUT2D eigenvalue weighted by Crippen LogP contribution is 2.29. The lowest BCUT2D eigenvalue weighted by atomic mass is 10.2. The van der Waals surface area contributed by atoms with Gasteiger partial charge in [0.25, 0.3) is 0 Å². The van der Waals surface area contributed by atoms with Gasteiger partial charge in [0.2, 0.25) is 0 Å². The van der Waals surface area contributed by atoms with E-state index in [4.69, 9.17) is 21.9 Å². The van der Waals surface area contributed by atoms with Crippen molar-refractivity contribution >= 4 is 34.3 Å². The van der Waals surface area contributed by atoms with Crippen LogP contribution in [0.3, 0.4) is 0 Å². The number of benzene rings is 2. The van der Waals surface area contributed by atoms with Gasteiger partial charge in [-0.25, -0.2) is 5.43 Å². The van der Waals surface area contributed by atoms with Crippen molar-refractivity contribution < 1.29 is 4.42 Å². The fourth-order valence-electron chi connectivity index (χ4n) is 2.12. The Kier molecular flexibility index (Phi) is 4.51. The molecule has 3 N–H and O–H groups in total. The topological polar surface area (TPSA) is 51.2 Å². The Bertz CT molecular complexity index is 729. The molecule has 0 aliphatic heterocycles. The van der Waals surface area contributed by atoms with Crippen LogP contribution in [0.25, 0.3) is 11.0 Å². The summed E-state index contributed by atoms with van der Waals surface area (Å²) < 4.78 is 5.85. The van der Waals surface area contributed by atoms with Crippen molar-refractivity contribution in [2.45, 2.75) is 10.9 Å². The lowest BCUT2D eigenvalue weighted by Crippen LogP contribution is -2.29. The van der Waals surface area contributed by atoms with Gasteiger partial charge in [0, 0.05) is 21.1 Å². The Labute approximate surface area is 132 Å². The van der Waals surface area contributed by atoms with E-state index >= 15 is 0 Å². The Balaban J connectivity index is 1.78. The number of fused-ring (bicyclic) bond motifs is 1. The Morgan fingerprint density at radius 3 is 2.71 bits per heavy atom. The molecule has 1 atom stereocenters. The van der Waals surface area contributed by atoms with Gasteiger partial charge in [-0.2, -0.15) is 0 Å². The molecule has 3 nitrogen and oxygen atoms in total. The molecule has 0 saturated heterocycles. The van der Waals surface area contributed by atoms with Gasteiger partial charge in [-0.15, -0.1) is 11.8 Å². The van der Waals surface area contributed by atoms with Crippen molar-refractivity contribution in [2.24, 2.45) is 5.84 Å². The summed E-state index contributed by atoms with van der Waals surface area (Å²) in [4.78, 5) is 1.21. The zero-order valence-electron chi connectivity index (χ0n) is 11.3. The average Bonchev–Trinajstić information content (AvgIpc) is 2.92. The summed E-state index contributed by atoms with van der Waals surface area (Å²) in [5, 5.41) is 1.69. The Hall–Kier alpha value is -1.46. The third-order valence-electron chi connectivity index (χ3n) is 3.20. The average molecular weight is 319 g/mol. The minimum absolute atomic E-state index is 0.0543. The predicted octanol–water partition coefficient (Wildman–Crippen LogP) is 4.38. The van der Waals surface area contributed by atoms with E-state index in [0.29, 0.717) is 5.02 Å². The zero-order chi connectivity index (χ0) is 14.7. The van der Waals surface area contributed by atoms with Crippen LogP contribution in [-0.2, 0) is 0 Å². The van der Waals surface area contributed by atoms with Gasteiger partial charge in [0.1, 0.15) is 11.3 Å². The van der Waals surface area contributed by atoms with Crippen molar-refractivity contribution in [1.29, 1.82) is 0 Å². The summed E-state index contributed by atoms with van der Waals surface area (Å²) in [6, 6.07) is 17.7. The molecule has 2 aromatic carbocycles. The summed E-state index contributed by atoms with van der Waals surface area (Å²) in [6.07, 6.45) is 0. The second-order valence-electron chi connectivity index (χ2n) is 4.67. The summed E-state index contributed by atoms with van der Waals surface area (Å²) >= 11 is 7.73. The third-order valence-corrected chi connectivity index (χ3v) is 4.54. The molecule has 1 unspecified atom stereocenters. The molecule has 0 radical (unpaired) electrons. The molecule has 5 heteroatoms. The van der Waals surface area contributed by atoms with E-state index in [1.807, 2.05) is 42.5 Å². The SMILES string of the molecule is NNC(CSc1ccccc1)c1cc2cc(Cl)ccc2o1. The van der Waals surface area contributed by atoms with Crippen LogP contribution in [0.5, 0.6) is 0 Å². The molecule has 0 aliphatic carbocycles. The Morgan fingerprint density at radius 1 is 1.14 bits per heavy atom. The molecule has 3 aromatic rings. The number of hydrogen-bond acceptors (Lipinski definition) is 4. The van der Waals surface area contributed by atoms with Gasteiger partial charge in [-0.3, -0.25) is 5.84 Å². The van der Waals surface area contributed by atoms with E-state index in [2.05, 4.69) is 17.6 Å². The molecule has 1 heterocycles. The minimum atomic E-state index is -0.0543. The molecule has 108 valence electrons. The number of thioether (sulfide) groups is 1. The molecule has 0 saturated carbocycles.